The van der Waals surface area contributed by atoms with E-state index in [0.717, 1.165) is 22.3 Å². The van der Waals surface area contributed by atoms with Gasteiger partial charge in [0.2, 0.25) is 10.0 Å². The molecule has 3 N–H and O–H groups in total. The van der Waals surface area contributed by atoms with Crippen molar-refractivity contribution in [3.63, 3.8) is 0 Å². The minimum Gasteiger partial charge on any atom is -0.355 e. The van der Waals surface area contributed by atoms with Crippen molar-refractivity contribution in [1.29, 1.82) is 0 Å². The number of hydrogen-bond donors (Lipinski definition) is 3. The maximum absolute atomic E-state index is 12.5. The molecule has 2 aromatic rings. The van der Waals surface area contributed by atoms with Crippen LogP contribution in [0.25, 0.3) is 0 Å². The minimum absolute atomic E-state index is 0.0411. The van der Waals surface area contributed by atoms with E-state index in [-0.39, 0.29) is 36.4 Å². The Morgan fingerprint density at radius 2 is 1.89 bits per heavy atom. The summed E-state index contributed by atoms with van der Waals surface area (Å²) in [7, 11) is -2.02. The zero-order valence-electron chi connectivity index (χ0n) is 15.0. The van der Waals surface area contributed by atoms with Gasteiger partial charge in [-0.1, -0.05) is 30.3 Å². The van der Waals surface area contributed by atoms with Crippen molar-refractivity contribution < 1.29 is 21.6 Å². The van der Waals surface area contributed by atoms with E-state index in [1.807, 2.05) is 30.3 Å². The lowest BCUT2D eigenvalue weighted by Gasteiger charge is -2.11. The molecule has 0 atom stereocenters. The average molecular weight is 435 g/mol. The van der Waals surface area contributed by atoms with Crippen LogP contribution >= 0.6 is 11.3 Å². The molecule has 2 rings (SSSR count). The van der Waals surface area contributed by atoms with E-state index < -0.39 is 21.9 Å². The predicted octanol–water partition coefficient (Wildman–Crippen LogP) is 1.95. The number of sulfonamides is 1. The first-order valence-electron chi connectivity index (χ1n) is 8.17. The van der Waals surface area contributed by atoms with Crippen LogP contribution in [0.5, 0.6) is 0 Å². The van der Waals surface area contributed by atoms with Gasteiger partial charge in [0.1, 0.15) is 5.01 Å². The highest BCUT2D eigenvalue weighted by Gasteiger charge is 2.33. The molecule has 12 heteroatoms. The van der Waals surface area contributed by atoms with Crippen molar-refractivity contribution in [3.05, 3.63) is 52.0 Å². The number of hydrogen-bond acceptors (Lipinski definition) is 5. The van der Waals surface area contributed by atoms with Crippen LogP contribution in [0.3, 0.4) is 0 Å². The second-order valence-electron chi connectivity index (χ2n) is 5.60. The first-order valence-corrected chi connectivity index (χ1v) is 10.7. The van der Waals surface area contributed by atoms with Crippen LogP contribution in [-0.4, -0.2) is 38.7 Å². The summed E-state index contributed by atoms with van der Waals surface area (Å²) in [5.41, 5.74) is -0.0917. The van der Waals surface area contributed by atoms with E-state index in [9.17, 15) is 21.6 Å². The average Bonchev–Trinajstić information content (AvgIpc) is 3.13. The van der Waals surface area contributed by atoms with Crippen molar-refractivity contribution in [3.8, 4) is 0 Å². The van der Waals surface area contributed by atoms with E-state index in [1.165, 1.54) is 7.05 Å². The summed E-state index contributed by atoms with van der Waals surface area (Å²) < 4.78 is 64.2. The Hall–Kier alpha value is -2.18. The molecule has 0 bridgehead atoms. The number of nitrogens with one attached hydrogen (secondary N) is 3. The highest BCUT2D eigenvalue weighted by atomic mass is 32.2. The fourth-order valence-corrected chi connectivity index (χ4v) is 3.71. The third-order valence-corrected chi connectivity index (χ3v) is 5.65. The number of nitrogens with zero attached hydrogens (tertiary/aromatic N) is 2. The molecular weight excluding hydrogens is 415 g/mol. The fraction of sp³-hybridized carbons (Fsp3) is 0.375. The minimum atomic E-state index is -4.48. The summed E-state index contributed by atoms with van der Waals surface area (Å²) in [6.45, 7) is 0.316. The summed E-state index contributed by atoms with van der Waals surface area (Å²) in [5.74, 6) is 0.0812. The molecular formula is C16H20F3N5O2S2. The van der Waals surface area contributed by atoms with Gasteiger partial charge in [-0.2, -0.15) is 13.2 Å². The lowest BCUT2D eigenvalue weighted by atomic mass is 10.2. The second-order valence-corrected chi connectivity index (χ2v) is 8.47. The Bertz CT molecular complexity index is 883. The number of rotatable bonds is 8. The summed E-state index contributed by atoms with van der Waals surface area (Å²) in [6.07, 6.45) is -4.48. The van der Waals surface area contributed by atoms with Crippen molar-refractivity contribution in [2.45, 2.75) is 19.3 Å². The normalized spacial score (nSPS) is 12.8. The van der Waals surface area contributed by atoms with Gasteiger partial charge in [0.05, 0.1) is 12.3 Å². The molecule has 0 aliphatic rings. The summed E-state index contributed by atoms with van der Waals surface area (Å²) in [4.78, 5) is 7.41. The van der Waals surface area contributed by atoms with E-state index >= 15 is 0 Å². The predicted molar refractivity (Wildman–Crippen MR) is 102 cm³/mol. The summed E-state index contributed by atoms with van der Waals surface area (Å²) in [5, 5.41) is 6.79. The lowest BCUT2D eigenvalue weighted by molar-refractivity contribution is -0.140. The van der Waals surface area contributed by atoms with Crippen molar-refractivity contribution in [2.24, 2.45) is 4.99 Å². The molecule has 0 saturated carbocycles. The number of aromatic nitrogens is 1. The maximum atomic E-state index is 12.5. The molecule has 0 amide bonds. The fourth-order valence-electron chi connectivity index (χ4n) is 2.07. The Balaban J connectivity index is 1.75. The van der Waals surface area contributed by atoms with Gasteiger partial charge in [0.25, 0.3) is 0 Å². The Kier molecular flexibility index (Phi) is 7.78. The van der Waals surface area contributed by atoms with Gasteiger partial charge in [0, 0.05) is 25.5 Å². The number of thiazole rings is 1. The molecule has 0 radical (unpaired) electrons. The molecule has 0 aliphatic carbocycles. The molecule has 1 heterocycles. The van der Waals surface area contributed by atoms with Gasteiger partial charge < -0.3 is 10.6 Å². The van der Waals surface area contributed by atoms with E-state index in [0.29, 0.717) is 0 Å². The van der Waals surface area contributed by atoms with Crippen LogP contribution in [-0.2, 0) is 29.3 Å². The maximum Gasteiger partial charge on any atom is 0.434 e. The Labute approximate surface area is 165 Å². The van der Waals surface area contributed by atoms with Gasteiger partial charge in [-0.3, -0.25) is 4.99 Å². The molecule has 7 nitrogen and oxygen atoms in total. The van der Waals surface area contributed by atoms with Crippen LogP contribution < -0.4 is 15.4 Å². The van der Waals surface area contributed by atoms with Crippen molar-refractivity contribution in [1.82, 2.24) is 20.3 Å². The molecule has 1 aromatic carbocycles. The summed E-state index contributed by atoms with van der Waals surface area (Å²) in [6, 6.07) is 9.11. The zero-order chi connectivity index (χ0) is 20.6. The first kappa shape index (κ1) is 22.1. The topological polar surface area (TPSA) is 95.5 Å². The number of aliphatic imine (C=N–C) groups is 1. The van der Waals surface area contributed by atoms with Gasteiger partial charge in [0.15, 0.2) is 11.7 Å². The van der Waals surface area contributed by atoms with E-state index in [2.05, 4.69) is 25.3 Å². The van der Waals surface area contributed by atoms with Gasteiger partial charge >= 0.3 is 6.18 Å². The van der Waals surface area contributed by atoms with E-state index in [4.69, 9.17) is 0 Å². The molecule has 0 saturated heterocycles. The first-order chi connectivity index (χ1) is 13.2. The van der Waals surface area contributed by atoms with Crippen LogP contribution in [0.4, 0.5) is 13.2 Å². The van der Waals surface area contributed by atoms with Crippen LogP contribution in [0.15, 0.2) is 40.7 Å². The molecule has 154 valence electrons. The van der Waals surface area contributed by atoms with Crippen molar-refractivity contribution >= 4 is 27.3 Å². The molecule has 0 aliphatic heterocycles. The monoisotopic (exact) mass is 435 g/mol. The third kappa shape index (κ3) is 7.44. The standard InChI is InChI=1S/C16H20F3N5O2S2/c1-20-15(22-10-14-24-13(11-27-14)16(17,18)19)21-7-8-28(25,26)23-9-12-5-3-2-4-6-12/h2-6,11,23H,7-10H2,1H3,(H2,20,21,22). The Morgan fingerprint density at radius 3 is 2.50 bits per heavy atom. The van der Waals surface area contributed by atoms with Crippen molar-refractivity contribution in [2.75, 3.05) is 19.3 Å². The molecule has 1 aromatic heterocycles. The van der Waals surface area contributed by atoms with Crippen LogP contribution in [0.1, 0.15) is 16.3 Å². The molecule has 0 unspecified atom stereocenters. The third-order valence-electron chi connectivity index (χ3n) is 3.48. The zero-order valence-corrected chi connectivity index (χ0v) is 16.6. The Morgan fingerprint density at radius 1 is 1.18 bits per heavy atom. The largest absolute Gasteiger partial charge is 0.434 e. The van der Waals surface area contributed by atoms with Gasteiger partial charge in [-0.15, -0.1) is 11.3 Å². The van der Waals surface area contributed by atoms with Crippen LogP contribution in [0, 0.1) is 0 Å². The second kappa shape index (κ2) is 9.85. The molecule has 0 spiro atoms. The molecule has 28 heavy (non-hydrogen) atoms. The quantitative estimate of drug-likeness (QED) is 0.435. The van der Waals surface area contributed by atoms with Gasteiger partial charge in [-0.25, -0.2) is 18.1 Å². The highest BCUT2D eigenvalue weighted by Crippen LogP contribution is 2.29. The van der Waals surface area contributed by atoms with Crippen LogP contribution in [0.2, 0.25) is 0 Å². The molecule has 0 fully saturated rings. The number of alkyl halides is 3. The highest BCUT2D eigenvalue weighted by molar-refractivity contribution is 7.89. The van der Waals surface area contributed by atoms with Gasteiger partial charge in [-0.05, 0) is 5.56 Å². The number of halogens is 3. The summed E-state index contributed by atoms with van der Waals surface area (Å²) >= 11 is 0.879. The number of benzene rings is 1. The lowest BCUT2D eigenvalue weighted by Crippen LogP contribution is -2.40. The SMILES string of the molecule is CN=C(NCCS(=O)(=O)NCc1ccccc1)NCc1nc(C(F)(F)F)cs1. The number of guanidine groups is 1. The van der Waals surface area contributed by atoms with E-state index in [1.54, 1.807) is 0 Å². The smallest absolute Gasteiger partial charge is 0.355 e.